The molecule has 0 saturated heterocycles. The Morgan fingerprint density at radius 1 is 1.00 bits per heavy atom. The van der Waals surface area contributed by atoms with Crippen molar-refractivity contribution in [1.82, 2.24) is 9.97 Å². The summed E-state index contributed by atoms with van der Waals surface area (Å²) in [6, 6.07) is 7.42. The van der Waals surface area contributed by atoms with E-state index in [-0.39, 0.29) is 0 Å². The number of hydrogen-bond acceptors (Lipinski definition) is 6. The molecule has 2 aromatic rings. The molecule has 0 aliphatic heterocycles. The minimum Gasteiger partial charge on any atom is -0.493 e. The van der Waals surface area contributed by atoms with Crippen molar-refractivity contribution in [2.24, 2.45) is 0 Å². The molecular formula is C14H18N4O2. The van der Waals surface area contributed by atoms with Crippen molar-refractivity contribution in [3.63, 3.8) is 0 Å². The van der Waals surface area contributed by atoms with E-state index in [0.29, 0.717) is 17.4 Å². The first-order chi connectivity index (χ1) is 9.66. The summed E-state index contributed by atoms with van der Waals surface area (Å²) in [5.74, 6) is 2.63. The van der Waals surface area contributed by atoms with Gasteiger partial charge in [-0.1, -0.05) is 0 Å². The number of hydrogen-bond donors (Lipinski definition) is 2. The lowest BCUT2D eigenvalue weighted by atomic mass is 10.3. The van der Waals surface area contributed by atoms with Crippen LogP contribution < -0.4 is 20.1 Å². The molecule has 0 fully saturated rings. The Balaban J connectivity index is 2.27. The van der Waals surface area contributed by atoms with Crippen LogP contribution in [0, 0.1) is 6.92 Å². The van der Waals surface area contributed by atoms with Gasteiger partial charge in [0.25, 0.3) is 0 Å². The SMILES string of the molecule is CNc1cc(C)nc(Nc2ccc(OC)c(OC)c2)n1. The van der Waals surface area contributed by atoms with E-state index in [1.165, 1.54) is 0 Å². The minimum absolute atomic E-state index is 0.529. The van der Waals surface area contributed by atoms with E-state index in [0.717, 1.165) is 17.2 Å². The van der Waals surface area contributed by atoms with Crippen LogP contribution in [0.1, 0.15) is 5.69 Å². The topological polar surface area (TPSA) is 68.3 Å². The third-order valence-corrected chi connectivity index (χ3v) is 2.75. The quantitative estimate of drug-likeness (QED) is 0.873. The first-order valence-corrected chi connectivity index (χ1v) is 6.18. The maximum Gasteiger partial charge on any atom is 0.229 e. The molecule has 1 heterocycles. The molecule has 0 amide bonds. The highest BCUT2D eigenvalue weighted by atomic mass is 16.5. The Kier molecular flexibility index (Phi) is 4.24. The van der Waals surface area contributed by atoms with Crippen LogP contribution in [0.3, 0.4) is 0 Å². The van der Waals surface area contributed by atoms with Crippen molar-refractivity contribution in [3.05, 3.63) is 30.0 Å². The number of anilines is 3. The largest absolute Gasteiger partial charge is 0.493 e. The third-order valence-electron chi connectivity index (χ3n) is 2.75. The zero-order chi connectivity index (χ0) is 14.5. The van der Waals surface area contributed by atoms with Gasteiger partial charge in [-0.2, -0.15) is 4.98 Å². The third kappa shape index (κ3) is 3.09. The molecular weight excluding hydrogens is 256 g/mol. The van der Waals surface area contributed by atoms with Gasteiger partial charge in [-0.15, -0.1) is 0 Å². The molecule has 0 unspecified atom stereocenters. The molecule has 0 saturated carbocycles. The number of aryl methyl sites for hydroxylation is 1. The summed E-state index contributed by atoms with van der Waals surface area (Å²) in [6.45, 7) is 1.92. The lowest BCUT2D eigenvalue weighted by molar-refractivity contribution is 0.355. The molecule has 6 nitrogen and oxygen atoms in total. The Labute approximate surface area is 118 Å². The van der Waals surface area contributed by atoms with Crippen molar-refractivity contribution in [2.45, 2.75) is 6.92 Å². The fraction of sp³-hybridized carbons (Fsp3) is 0.286. The monoisotopic (exact) mass is 274 g/mol. The smallest absolute Gasteiger partial charge is 0.229 e. The summed E-state index contributed by atoms with van der Waals surface area (Å²) in [5, 5.41) is 6.15. The molecule has 1 aromatic carbocycles. The van der Waals surface area contributed by atoms with Gasteiger partial charge in [-0.3, -0.25) is 0 Å². The van der Waals surface area contributed by atoms with Crippen LogP contribution in [-0.2, 0) is 0 Å². The second-order valence-electron chi connectivity index (χ2n) is 4.16. The highest BCUT2D eigenvalue weighted by molar-refractivity contribution is 5.60. The van der Waals surface area contributed by atoms with Crippen LogP contribution in [0.25, 0.3) is 0 Å². The summed E-state index contributed by atoms with van der Waals surface area (Å²) in [7, 11) is 5.03. The number of aromatic nitrogens is 2. The van der Waals surface area contributed by atoms with E-state index in [9.17, 15) is 0 Å². The number of nitrogens with one attached hydrogen (secondary N) is 2. The van der Waals surface area contributed by atoms with Gasteiger partial charge >= 0.3 is 0 Å². The van der Waals surface area contributed by atoms with Crippen molar-refractivity contribution in [2.75, 3.05) is 31.9 Å². The average Bonchev–Trinajstić information content (AvgIpc) is 2.46. The van der Waals surface area contributed by atoms with Gasteiger partial charge in [-0.25, -0.2) is 4.98 Å². The highest BCUT2D eigenvalue weighted by Gasteiger charge is 2.06. The maximum atomic E-state index is 5.27. The molecule has 20 heavy (non-hydrogen) atoms. The summed E-state index contributed by atoms with van der Waals surface area (Å²) in [6.07, 6.45) is 0. The zero-order valence-electron chi connectivity index (χ0n) is 12.0. The second kappa shape index (κ2) is 6.10. The fourth-order valence-corrected chi connectivity index (χ4v) is 1.80. The van der Waals surface area contributed by atoms with Gasteiger partial charge in [-0.05, 0) is 19.1 Å². The number of ether oxygens (including phenoxy) is 2. The van der Waals surface area contributed by atoms with Crippen molar-refractivity contribution >= 4 is 17.5 Å². The number of methoxy groups -OCH3 is 2. The van der Waals surface area contributed by atoms with Crippen molar-refractivity contribution in [1.29, 1.82) is 0 Å². The molecule has 0 aliphatic rings. The molecule has 0 spiro atoms. The van der Waals surface area contributed by atoms with Gasteiger partial charge in [0.2, 0.25) is 5.95 Å². The van der Waals surface area contributed by atoms with E-state index in [4.69, 9.17) is 9.47 Å². The van der Waals surface area contributed by atoms with Crippen LogP contribution in [0.15, 0.2) is 24.3 Å². The van der Waals surface area contributed by atoms with E-state index in [1.54, 1.807) is 14.2 Å². The molecule has 2 N–H and O–H groups in total. The van der Waals surface area contributed by atoms with Gasteiger partial charge in [0, 0.05) is 30.6 Å². The normalized spacial score (nSPS) is 10.0. The van der Waals surface area contributed by atoms with Crippen molar-refractivity contribution < 1.29 is 9.47 Å². The van der Waals surface area contributed by atoms with Crippen LogP contribution in [0.2, 0.25) is 0 Å². The number of rotatable bonds is 5. The molecule has 0 bridgehead atoms. The maximum absolute atomic E-state index is 5.27. The Bertz CT molecular complexity index is 602. The van der Waals surface area contributed by atoms with E-state index < -0.39 is 0 Å². The average molecular weight is 274 g/mol. The summed E-state index contributed by atoms with van der Waals surface area (Å²) < 4.78 is 10.5. The van der Waals surface area contributed by atoms with Gasteiger partial charge < -0.3 is 20.1 Å². The molecule has 0 atom stereocenters. The lowest BCUT2D eigenvalue weighted by Gasteiger charge is -2.11. The zero-order valence-corrected chi connectivity index (χ0v) is 12.0. The van der Waals surface area contributed by atoms with Gasteiger partial charge in [0.1, 0.15) is 5.82 Å². The van der Waals surface area contributed by atoms with Crippen LogP contribution in [0.4, 0.5) is 17.5 Å². The summed E-state index contributed by atoms with van der Waals surface area (Å²) in [5.41, 5.74) is 1.71. The second-order valence-corrected chi connectivity index (χ2v) is 4.16. The number of benzene rings is 1. The molecule has 6 heteroatoms. The molecule has 2 rings (SSSR count). The van der Waals surface area contributed by atoms with Crippen LogP contribution in [0.5, 0.6) is 11.5 Å². The summed E-state index contributed by atoms with van der Waals surface area (Å²) in [4.78, 5) is 8.68. The fourth-order valence-electron chi connectivity index (χ4n) is 1.80. The standard InChI is InChI=1S/C14H18N4O2/c1-9-7-13(15-2)18-14(16-9)17-10-5-6-11(19-3)12(8-10)20-4/h5-8H,1-4H3,(H2,15,16,17,18). The van der Waals surface area contributed by atoms with E-state index in [2.05, 4.69) is 20.6 Å². The van der Waals surface area contributed by atoms with Gasteiger partial charge in [0.15, 0.2) is 11.5 Å². The highest BCUT2D eigenvalue weighted by Crippen LogP contribution is 2.30. The minimum atomic E-state index is 0.529. The van der Waals surface area contributed by atoms with Crippen LogP contribution in [-0.4, -0.2) is 31.2 Å². The summed E-state index contributed by atoms with van der Waals surface area (Å²) >= 11 is 0. The Hall–Kier alpha value is -2.50. The predicted molar refractivity (Wildman–Crippen MR) is 79.1 cm³/mol. The van der Waals surface area contributed by atoms with E-state index >= 15 is 0 Å². The first kappa shape index (κ1) is 13.9. The van der Waals surface area contributed by atoms with E-state index in [1.807, 2.05) is 38.2 Å². The Morgan fingerprint density at radius 2 is 1.75 bits per heavy atom. The number of nitrogens with zero attached hydrogens (tertiary/aromatic N) is 2. The van der Waals surface area contributed by atoms with Gasteiger partial charge in [0.05, 0.1) is 14.2 Å². The molecule has 0 aliphatic carbocycles. The molecule has 1 aromatic heterocycles. The first-order valence-electron chi connectivity index (χ1n) is 6.18. The Morgan fingerprint density at radius 3 is 2.40 bits per heavy atom. The molecule has 106 valence electrons. The predicted octanol–water partition coefficient (Wildman–Crippen LogP) is 2.59. The lowest BCUT2D eigenvalue weighted by Crippen LogP contribution is -2.02. The van der Waals surface area contributed by atoms with Crippen molar-refractivity contribution in [3.8, 4) is 11.5 Å². The van der Waals surface area contributed by atoms with Crippen LogP contribution >= 0.6 is 0 Å². The molecule has 0 radical (unpaired) electrons.